The predicted octanol–water partition coefficient (Wildman–Crippen LogP) is 4.57. The number of amides is 3. The van der Waals surface area contributed by atoms with Crippen LogP contribution in [0.3, 0.4) is 0 Å². The molecule has 8 heteroatoms. The first-order valence-corrected chi connectivity index (χ1v) is 12.3. The summed E-state index contributed by atoms with van der Waals surface area (Å²) < 4.78 is 5.50. The average Bonchev–Trinajstić information content (AvgIpc) is 3.26. The number of hydrogen-bond acceptors (Lipinski definition) is 5. The van der Waals surface area contributed by atoms with Crippen LogP contribution in [0.5, 0.6) is 0 Å². The highest BCUT2D eigenvalue weighted by molar-refractivity contribution is 8.01. The largest absolute Gasteiger partial charge is 0.442 e. The van der Waals surface area contributed by atoms with Crippen LogP contribution in [0.2, 0.25) is 0 Å². The van der Waals surface area contributed by atoms with Gasteiger partial charge in [0.2, 0.25) is 5.91 Å². The molecule has 35 heavy (non-hydrogen) atoms. The van der Waals surface area contributed by atoms with Crippen LogP contribution >= 0.6 is 11.8 Å². The van der Waals surface area contributed by atoms with E-state index in [2.05, 4.69) is 5.32 Å². The first kappa shape index (κ1) is 23.0. The fraction of sp³-hybridized carbons (Fsp3) is 0.222. The zero-order valence-electron chi connectivity index (χ0n) is 19.4. The molecule has 0 bridgehead atoms. The fourth-order valence-electron chi connectivity index (χ4n) is 4.27. The Kier molecular flexibility index (Phi) is 6.21. The number of benzene rings is 3. The molecule has 3 amide bonds. The highest BCUT2D eigenvalue weighted by Crippen LogP contribution is 2.41. The highest BCUT2D eigenvalue weighted by atomic mass is 32.2. The van der Waals surface area contributed by atoms with Crippen molar-refractivity contribution < 1.29 is 19.1 Å². The topological polar surface area (TPSA) is 79.0 Å². The number of rotatable bonds is 5. The summed E-state index contributed by atoms with van der Waals surface area (Å²) in [6.07, 6.45) is -0.906. The Morgan fingerprint density at radius 2 is 1.74 bits per heavy atom. The van der Waals surface area contributed by atoms with Crippen LogP contribution in [0.15, 0.2) is 77.7 Å². The molecule has 0 aliphatic carbocycles. The maximum absolute atomic E-state index is 12.6. The summed E-state index contributed by atoms with van der Waals surface area (Å²) in [7, 11) is 1.76. The van der Waals surface area contributed by atoms with Gasteiger partial charge in [-0.05, 0) is 48.4 Å². The molecule has 178 valence electrons. The first-order valence-electron chi connectivity index (χ1n) is 11.4. The number of anilines is 2. The molecule has 1 fully saturated rings. The number of carbonyl (C=O) groups excluding carboxylic acids is 3. The van der Waals surface area contributed by atoms with E-state index in [4.69, 9.17) is 4.74 Å². The van der Waals surface area contributed by atoms with Gasteiger partial charge in [-0.15, -0.1) is 11.8 Å². The summed E-state index contributed by atoms with van der Waals surface area (Å²) in [6, 6.07) is 23.0. The third kappa shape index (κ3) is 4.61. The monoisotopic (exact) mass is 487 g/mol. The zero-order valence-corrected chi connectivity index (χ0v) is 20.2. The summed E-state index contributed by atoms with van der Waals surface area (Å²) in [5.74, 6) is -0.160. The molecule has 1 N–H and O–H groups in total. The van der Waals surface area contributed by atoms with Gasteiger partial charge in [0.05, 0.1) is 24.0 Å². The van der Waals surface area contributed by atoms with Crippen LogP contribution in [0.1, 0.15) is 17.3 Å². The van der Waals surface area contributed by atoms with Crippen molar-refractivity contribution in [2.45, 2.75) is 23.2 Å². The molecule has 0 spiro atoms. The fourth-order valence-corrected chi connectivity index (χ4v) is 5.42. The van der Waals surface area contributed by atoms with Gasteiger partial charge >= 0.3 is 6.09 Å². The molecule has 0 saturated carbocycles. The number of nitrogens with zero attached hydrogens (tertiary/aromatic N) is 2. The van der Waals surface area contributed by atoms with Gasteiger partial charge in [0, 0.05) is 23.2 Å². The Morgan fingerprint density at radius 1 is 1.03 bits per heavy atom. The molecule has 2 aliphatic rings. The first-order chi connectivity index (χ1) is 16.9. The Hall–Kier alpha value is -3.78. The highest BCUT2D eigenvalue weighted by Gasteiger charge is 2.34. The summed E-state index contributed by atoms with van der Waals surface area (Å²) in [4.78, 5) is 41.5. The predicted molar refractivity (Wildman–Crippen MR) is 137 cm³/mol. The van der Waals surface area contributed by atoms with Crippen molar-refractivity contribution in [2.75, 3.05) is 29.9 Å². The van der Waals surface area contributed by atoms with E-state index < -0.39 is 12.2 Å². The summed E-state index contributed by atoms with van der Waals surface area (Å²) in [5.41, 5.74) is 4.21. The minimum atomic E-state index is -0.457. The van der Waals surface area contributed by atoms with Crippen molar-refractivity contribution in [2.24, 2.45) is 0 Å². The van der Waals surface area contributed by atoms with E-state index >= 15 is 0 Å². The van der Waals surface area contributed by atoms with Gasteiger partial charge < -0.3 is 15.0 Å². The van der Waals surface area contributed by atoms with Gasteiger partial charge in [-0.2, -0.15) is 0 Å². The third-order valence-electron chi connectivity index (χ3n) is 6.22. The quantitative estimate of drug-likeness (QED) is 0.571. The molecule has 0 aromatic heterocycles. The van der Waals surface area contributed by atoms with Gasteiger partial charge in [-0.1, -0.05) is 42.5 Å². The molecule has 0 radical (unpaired) electrons. The van der Waals surface area contributed by atoms with E-state index in [1.165, 1.54) is 11.8 Å². The Labute approximate surface area is 208 Å². The van der Waals surface area contributed by atoms with E-state index in [0.717, 1.165) is 21.7 Å². The SMILES string of the molecule is CC1Sc2cc(N3CC(CNC(=O)c4ccc(-c5ccccc5)cc4)OC3=O)ccc2N(C)C1=O. The minimum absolute atomic E-state index is 0.0568. The van der Waals surface area contributed by atoms with Gasteiger partial charge in [0.25, 0.3) is 5.91 Å². The number of nitrogens with one attached hydrogen (secondary N) is 1. The number of carbonyl (C=O) groups is 3. The average molecular weight is 488 g/mol. The van der Waals surface area contributed by atoms with E-state index in [0.29, 0.717) is 17.8 Å². The lowest BCUT2D eigenvalue weighted by atomic mass is 10.0. The van der Waals surface area contributed by atoms with Crippen LogP contribution < -0.4 is 15.1 Å². The van der Waals surface area contributed by atoms with E-state index in [9.17, 15) is 14.4 Å². The number of thioether (sulfide) groups is 1. The van der Waals surface area contributed by atoms with Crippen molar-refractivity contribution in [1.82, 2.24) is 5.32 Å². The Morgan fingerprint density at radius 3 is 2.49 bits per heavy atom. The molecule has 3 aromatic carbocycles. The molecule has 2 heterocycles. The number of hydrogen-bond donors (Lipinski definition) is 1. The summed E-state index contributed by atoms with van der Waals surface area (Å²) >= 11 is 1.48. The second-order valence-corrected chi connectivity index (χ2v) is 9.96. The lowest BCUT2D eigenvalue weighted by molar-refractivity contribution is -0.117. The summed E-state index contributed by atoms with van der Waals surface area (Å²) in [5, 5.41) is 2.69. The van der Waals surface area contributed by atoms with Crippen LogP contribution in [-0.4, -0.2) is 49.4 Å². The molecule has 7 nitrogen and oxygen atoms in total. The molecule has 2 aliphatic heterocycles. The Bertz CT molecular complexity index is 1280. The molecule has 5 rings (SSSR count). The van der Waals surface area contributed by atoms with Crippen LogP contribution in [-0.2, 0) is 9.53 Å². The lowest BCUT2D eigenvalue weighted by Crippen LogP contribution is -2.36. The van der Waals surface area contributed by atoms with Crippen molar-refractivity contribution in [3.63, 3.8) is 0 Å². The van der Waals surface area contributed by atoms with E-state index in [1.54, 1.807) is 29.0 Å². The maximum atomic E-state index is 12.6. The van der Waals surface area contributed by atoms with Gasteiger partial charge in [-0.25, -0.2) is 4.79 Å². The Balaban J connectivity index is 1.20. The number of fused-ring (bicyclic) bond motifs is 1. The van der Waals surface area contributed by atoms with Gasteiger partial charge in [-0.3, -0.25) is 14.5 Å². The molecule has 2 atom stereocenters. The van der Waals surface area contributed by atoms with Crippen LogP contribution in [0, 0.1) is 0 Å². The third-order valence-corrected chi connectivity index (χ3v) is 7.35. The zero-order chi connectivity index (χ0) is 24.5. The van der Waals surface area contributed by atoms with Crippen molar-refractivity contribution in [3.8, 4) is 11.1 Å². The molecule has 2 unspecified atom stereocenters. The number of ether oxygens (including phenoxy) is 1. The minimum Gasteiger partial charge on any atom is -0.442 e. The van der Waals surface area contributed by atoms with E-state index in [1.807, 2.05) is 67.6 Å². The van der Waals surface area contributed by atoms with Gasteiger partial charge in [0.1, 0.15) is 6.10 Å². The standard InChI is InChI=1S/C27H25N3O4S/c1-17-26(32)29(2)23-13-12-21(14-24(23)35-17)30-16-22(34-27(30)33)15-28-25(31)20-10-8-19(9-11-20)18-6-4-3-5-7-18/h3-14,17,22H,15-16H2,1-2H3,(H,28,31). The van der Waals surface area contributed by atoms with Crippen LogP contribution in [0.4, 0.5) is 16.2 Å². The van der Waals surface area contributed by atoms with E-state index in [-0.39, 0.29) is 23.6 Å². The second-order valence-electron chi connectivity index (χ2n) is 8.58. The number of cyclic esters (lactones) is 1. The van der Waals surface area contributed by atoms with Crippen molar-refractivity contribution in [1.29, 1.82) is 0 Å². The molecular formula is C27H25N3O4S. The molecular weight excluding hydrogens is 462 g/mol. The smallest absolute Gasteiger partial charge is 0.414 e. The lowest BCUT2D eigenvalue weighted by Gasteiger charge is -2.30. The molecule has 1 saturated heterocycles. The summed E-state index contributed by atoms with van der Waals surface area (Å²) in [6.45, 7) is 2.42. The second kappa shape index (κ2) is 9.46. The van der Waals surface area contributed by atoms with Crippen molar-refractivity contribution in [3.05, 3.63) is 78.4 Å². The molecule has 3 aromatic rings. The van der Waals surface area contributed by atoms with Crippen molar-refractivity contribution >= 4 is 41.0 Å². The van der Waals surface area contributed by atoms with Crippen LogP contribution in [0.25, 0.3) is 11.1 Å². The normalized spacial score (nSPS) is 19.4. The maximum Gasteiger partial charge on any atom is 0.414 e. The van der Waals surface area contributed by atoms with Gasteiger partial charge in [0.15, 0.2) is 0 Å².